The van der Waals surface area contributed by atoms with Crippen LogP contribution in [0.25, 0.3) is 0 Å². The van der Waals surface area contributed by atoms with Gasteiger partial charge in [0.25, 0.3) is 0 Å². The van der Waals surface area contributed by atoms with E-state index < -0.39 is 11.8 Å². The molecule has 2 rings (SSSR count). The highest BCUT2D eigenvalue weighted by atomic mass is 16.5. The van der Waals surface area contributed by atoms with E-state index in [9.17, 15) is 9.59 Å². The van der Waals surface area contributed by atoms with Crippen molar-refractivity contribution in [3.05, 3.63) is 47.7 Å². The molecule has 0 spiro atoms. The Labute approximate surface area is 127 Å². The molecule has 7 nitrogen and oxygen atoms in total. The molecule has 0 fully saturated rings. The van der Waals surface area contributed by atoms with E-state index in [0.717, 1.165) is 5.56 Å². The van der Waals surface area contributed by atoms with Crippen LogP contribution in [0, 0.1) is 6.92 Å². The highest BCUT2D eigenvalue weighted by Gasteiger charge is 2.22. The third kappa shape index (κ3) is 4.16. The number of rotatable bonds is 5. The maximum absolute atomic E-state index is 12.2. The molecule has 1 heterocycles. The molecule has 0 saturated carbocycles. The van der Waals surface area contributed by atoms with E-state index in [0.29, 0.717) is 5.76 Å². The Balaban J connectivity index is 2.03. The van der Waals surface area contributed by atoms with Crippen LogP contribution in [0.2, 0.25) is 0 Å². The van der Waals surface area contributed by atoms with E-state index in [4.69, 9.17) is 9.63 Å². The van der Waals surface area contributed by atoms with Crippen LogP contribution >= 0.6 is 0 Å². The number of carbonyl (C=O) groups is 2. The number of aliphatic hydroxyl groups excluding tert-OH is 1. The average Bonchev–Trinajstić information content (AvgIpc) is 2.92. The monoisotopic (exact) mass is 303 g/mol. The summed E-state index contributed by atoms with van der Waals surface area (Å²) < 4.78 is 4.82. The molecule has 0 atom stereocenters. The summed E-state index contributed by atoms with van der Waals surface area (Å²) in [6.07, 6.45) is 0. The number of nitrogens with zero attached hydrogens (tertiary/aromatic N) is 2. The van der Waals surface area contributed by atoms with E-state index in [1.54, 1.807) is 6.92 Å². The van der Waals surface area contributed by atoms with Gasteiger partial charge >= 0.3 is 11.8 Å². The molecule has 0 radical (unpaired) electrons. The second-order valence-electron chi connectivity index (χ2n) is 4.71. The minimum absolute atomic E-state index is 0.0684. The molecule has 2 aromatic rings. The predicted octanol–water partition coefficient (Wildman–Crippen LogP) is 0.943. The minimum atomic E-state index is -0.822. The summed E-state index contributed by atoms with van der Waals surface area (Å²) in [4.78, 5) is 25.4. The van der Waals surface area contributed by atoms with Crippen molar-refractivity contribution in [2.75, 3.05) is 18.5 Å². The number of amides is 2. The summed E-state index contributed by atoms with van der Waals surface area (Å²) >= 11 is 0. The smallest absolute Gasteiger partial charge is 0.315 e. The lowest BCUT2D eigenvalue weighted by Crippen LogP contribution is -2.40. The zero-order valence-corrected chi connectivity index (χ0v) is 12.2. The highest BCUT2D eigenvalue weighted by molar-refractivity contribution is 6.39. The Bertz CT molecular complexity index is 639. The zero-order chi connectivity index (χ0) is 15.9. The van der Waals surface area contributed by atoms with Crippen LogP contribution < -0.4 is 5.32 Å². The summed E-state index contributed by atoms with van der Waals surface area (Å²) in [6, 6.07) is 10.7. The third-order valence-corrected chi connectivity index (χ3v) is 2.94. The second kappa shape index (κ2) is 7.37. The Morgan fingerprint density at radius 2 is 2.05 bits per heavy atom. The number of aromatic nitrogens is 1. The first-order chi connectivity index (χ1) is 10.6. The van der Waals surface area contributed by atoms with Gasteiger partial charge in [-0.25, -0.2) is 0 Å². The number of carbonyl (C=O) groups excluding carboxylic acids is 2. The normalized spacial score (nSPS) is 10.3. The van der Waals surface area contributed by atoms with E-state index in [1.165, 1.54) is 11.0 Å². The fourth-order valence-electron chi connectivity index (χ4n) is 1.92. The summed E-state index contributed by atoms with van der Waals surface area (Å²) in [5.74, 6) is -0.852. The number of aliphatic hydroxyl groups is 1. The van der Waals surface area contributed by atoms with Gasteiger partial charge in [0, 0.05) is 19.2 Å². The summed E-state index contributed by atoms with van der Waals surface area (Å²) in [7, 11) is 0. The van der Waals surface area contributed by atoms with Gasteiger partial charge in [-0.05, 0) is 12.5 Å². The van der Waals surface area contributed by atoms with Crippen molar-refractivity contribution in [3.8, 4) is 0 Å². The van der Waals surface area contributed by atoms with Crippen LogP contribution in [0.3, 0.4) is 0 Å². The van der Waals surface area contributed by atoms with Crippen molar-refractivity contribution in [1.29, 1.82) is 0 Å². The van der Waals surface area contributed by atoms with Gasteiger partial charge in [0.1, 0.15) is 5.76 Å². The van der Waals surface area contributed by atoms with Crippen molar-refractivity contribution in [3.63, 3.8) is 0 Å². The van der Waals surface area contributed by atoms with Gasteiger partial charge in [-0.1, -0.05) is 35.5 Å². The van der Waals surface area contributed by atoms with Crippen LogP contribution in [0.5, 0.6) is 0 Å². The van der Waals surface area contributed by atoms with Crippen LogP contribution in [-0.2, 0) is 16.1 Å². The van der Waals surface area contributed by atoms with Crippen LogP contribution in [0.15, 0.2) is 40.9 Å². The maximum atomic E-state index is 12.2. The van der Waals surface area contributed by atoms with E-state index in [2.05, 4.69) is 10.5 Å². The Morgan fingerprint density at radius 1 is 1.32 bits per heavy atom. The van der Waals surface area contributed by atoms with E-state index in [-0.39, 0.29) is 25.5 Å². The molecule has 0 unspecified atom stereocenters. The molecule has 7 heteroatoms. The van der Waals surface area contributed by atoms with Crippen LogP contribution in [-0.4, -0.2) is 40.1 Å². The average molecular weight is 303 g/mol. The zero-order valence-electron chi connectivity index (χ0n) is 12.2. The fraction of sp³-hybridized carbons (Fsp3) is 0.267. The summed E-state index contributed by atoms with van der Waals surface area (Å²) in [5.41, 5.74) is 0.870. The number of benzene rings is 1. The third-order valence-electron chi connectivity index (χ3n) is 2.94. The summed E-state index contributed by atoms with van der Waals surface area (Å²) in [6.45, 7) is 1.76. The lowest BCUT2D eigenvalue weighted by atomic mass is 10.2. The molecule has 0 aliphatic heterocycles. The number of aryl methyl sites for hydroxylation is 1. The standard InChI is InChI=1S/C15H17N3O4/c1-11-9-13(17-22-11)16-14(20)15(21)18(7-8-19)10-12-5-3-2-4-6-12/h2-6,9,19H,7-8,10H2,1H3,(H,16,17,20). The molecule has 1 aromatic heterocycles. The van der Waals surface area contributed by atoms with Crippen molar-refractivity contribution in [1.82, 2.24) is 10.1 Å². The molecule has 2 N–H and O–H groups in total. The van der Waals surface area contributed by atoms with Gasteiger partial charge in [-0.3, -0.25) is 14.9 Å². The first-order valence-electron chi connectivity index (χ1n) is 6.78. The highest BCUT2D eigenvalue weighted by Crippen LogP contribution is 2.09. The lowest BCUT2D eigenvalue weighted by molar-refractivity contribution is -0.143. The molecular formula is C15H17N3O4. The molecule has 0 aliphatic carbocycles. The number of hydrogen-bond acceptors (Lipinski definition) is 5. The van der Waals surface area contributed by atoms with E-state index >= 15 is 0 Å². The van der Waals surface area contributed by atoms with Crippen LogP contribution in [0.1, 0.15) is 11.3 Å². The molecule has 0 bridgehead atoms. The van der Waals surface area contributed by atoms with Crippen LogP contribution in [0.4, 0.5) is 5.82 Å². The Hall–Kier alpha value is -2.67. The molecular weight excluding hydrogens is 286 g/mol. The van der Waals surface area contributed by atoms with Gasteiger partial charge in [0.15, 0.2) is 5.82 Å². The molecule has 0 aliphatic rings. The van der Waals surface area contributed by atoms with Gasteiger partial charge < -0.3 is 14.5 Å². The Morgan fingerprint density at radius 3 is 2.64 bits per heavy atom. The van der Waals surface area contributed by atoms with Crippen molar-refractivity contribution in [2.24, 2.45) is 0 Å². The van der Waals surface area contributed by atoms with Gasteiger partial charge in [0.05, 0.1) is 6.61 Å². The molecule has 116 valence electrons. The molecule has 1 aromatic carbocycles. The van der Waals surface area contributed by atoms with Gasteiger partial charge in [-0.15, -0.1) is 0 Å². The summed E-state index contributed by atoms with van der Waals surface area (Å²) in [5, 5.41) is 15.1. The molecule has 2 amide bonds. The van der Waals surface area contributed by atoms with Crippen molar-refractivity contribution in [2.45, 2.75) is 13.5 Å². The second-order valence-corrected chi connectivity index (χ2v) is 4.71. The topological polar surface area (TPSA) is 95.7 Å². The molecule has 22 heavy (non-hydrogen) atoms. The lowest BCUT2D eigenvalue weighted by Gasteiger charge is -2.20. The first kappa shape index (κ1) is 15.7. The quantitative estimate of drug-likeness (QED) is 0.802. The van der Waals surface area contributed by atoms with Crippen molar-refractivity contribution < 1.29 is 19.2 Å². The largest absolute Gasteiger partial charge is 0.395 e. The Kier molecular flexibility index (Phi) is 5.26. The maximum Gasteiger partial charge on any atom is 0.315 e. The van der Waals surface area contributed by atoms with Gasteiger partial charge in [-0.2, -0.15) is 0 Å². The van der Waals surface area contributed by atoms with Crippen molar-refractivity contribution >= 4 is 17.6 Å². The minimum Gasteiger partial charge on any atom is -0.395 e. The molecule has 0 saturated heterocycles. The van der Waals surface area contributed by atoms with E-state index in [1.807, 2.05) is 30.3 Å². The SMILES string of the molecule is Cc1cc(NC(=O)C(=O)N(CCO)Cc2ccccc2)no1. The predicted molar refractivity (Wildman–Crippen MR) is 78.8 cm³/mol. The number of hydrogen-bond donors (Lipinski definition) is 2. The number of nitrogens with one attached hydrogen (secondary N) is 1. The fourth-order valence-corrected chi connectivity index (χ4v) is 1.92. The van der Waals surface area contributed by atoms with Gasteiger partial charge in [0.2, 0.25) is 0 Å². The first-order valence-corrected chi connectivity index (χ1v) is 6.78. The number of anilines is 1.